The molecule has 6 heteroatoms. The molecule has 2 saturated heterocycles. The molecule has 0 bridgehead atoms. The van der Waals surface area contributed by atoms with Gasteiger partial charge >= 0.3 is 0 Å². The highest BCUT2D eigenvalue weighted by atomic mass is 16.2. The summed E-state index contributed by atoms with van der Waals surface area (Å²) in [6.07, 6.45) is 8.31. The van der Waals surface area contributed by atoms with Gasteiger partial charge in [-0.25, -0.2) is 0 Å². The predicted octanol–water partition coefficient (Wildman–Crippen LogP) is 0.870. The standard InChI is InChI=1S/C19H36N4O2/c1-22(12-5-3-6-13-22)16-18(24)20-10-9-11-21-19(25)17-23(2)14-7-4-8-15-23/h3-17H2,1-2H3/p+2. The second-order valence-electron chi connectivity index (χ2n) is 8.62. The first-order chi connectivity index (χ1) is 11.9. The Morgan fingerprint density at radius 1 is 0.680 bits per heavy atom. The minimum absolute atomic E-state index is 0.141. The van der Waals surface area contributed by atoms with Crippen molar-refractivity contribution in [3.63, 3.8) is 0 Å². The van der Waals surface area contributed by atoms with Crippen molar-refractivity contribution in [3.05, 3.63) is 0 Å². The van der Waals surface area contributed by atoms with Crippen molar-refractivity contribution in [1.82, 2.24) is 10.6 Å². The van der Waals surface area contributed by atoms with Crippen LogP contribution in [0.2, 0.25) is 0 Å². The molecule has 0 aliphatic carbocycles. The summed E-state index contributed by atoms with van der Waals surface area (Å²) in [7, 11) is 4.37. The lowest BCUT2D eigenvalue weighted by atomic mass is 10.1. The predicted molar refractivity (Wildman–Crippen MR) is 99.9 cm³/mol. The van der Waals surface area contributed by atoms with Gasteiger partial charge in [-0.1, -0.05) is 0 Å². The second kappa shape index (κ2) is 9.53. The van der Waals surface area contributed by atoms with Crippen LogP contribution in [-0.4, -0.2) is 87.2 Å². The zero-order valence-electron chi connectivity index (χ0n) is 16.3. The highest BCUT2D eigenvalue weighted by Gasteiger charge is 2.28. The van der Waals surface area contributed by atoms with E-state index in [1.54, 1.807) is 0 Å². The highest BCUT2D eigenvalue weighted by molar-refractivity contribution is 5.77. The quantitative estimate of drug-likeness (QED) is 0.502. The molecule has 144 valence electrons. The summed E-state index contributed by atoms with van der Waals surface area (Å²) in [5.41, 5.74) is 0. The molecule has 0 atom stereocenters. The molecule has 25 heavy (non-hydrogen) atoms. The van der Waals surface area contributed by atoms with E-state index >= 15 is 0 Å². The van der Waals surface area contributed by atoms with E-state index < -0.39 is 0 Å². The van der Waals surface area contributed by atoms with Gasteiger partial charge in [-0.15, -0.1) is 0 Å². The molecule has 2 amide bonds. The summed E-state index contributed by atoms with van der Waals surface area (Å²) in [6.45, 7) is 6.91. The lowest BCUT2D eigenvalue weighted by Gasteiger charge is -2.37. The van der Waals surface area contributed by atoms with Crippen LogP contribution in [0, 0.1) is 0 Å². The number of hydrogen-bond donors (Lipinski definition) is 2. The molecule has 0 aromatic carbocycles. The van der Waals surface area contributed by atoms with Crippen LogP contribution < -0.4 is 10.6 Å². The molecule has 0 saturated carbocycles. The van der Waals surface area contributed by atoms with E-state index in [0.29, 0.717) is 26.2 Å². The molecule has 0 aromatic rings. The number of piperidine rings is 2. The Bertz CT molecular complexity index is 401. The van der Waals surface area contributed by atoms with Crippen molar-refractivity contribution >= 4 is 11.8 Å². The van der Waals surface area contributed by atoms with Gasteiger partial charge in [0, 0.05) is 13.1 Å². The maximum absolute atomic E-state index is 12.1. The fourth-order valence-corrected chi connectivity index (χ4v) is 4.22. The van der Waals surface area contributed by atoms with E-state index in [-0.39, 0.29) is 11.8 Å². The fraction of sp³-hybridized carbons (Fsp3) is 0.895. The SMILES string of the molecule is C[N+]1(CC(=O)NCCCNC(=O)C[N+]2(C)CCCCC2)CCCCC1. The van der Waals surface area contributed by atoms with Gasteiger partial charge in [-0.3, -0.25) is 9.59 Å². The average molecular weight is 355 g/mol. The lowest BCUT2D eigenvalue weighted by molar-refractivity contribution is -0.906. The van der Waals surface area contributed by atoms with Crippen molar-refractivity contribution < 1.29 is 18.6 Å². The summed E-state index contributed by atoms with van der Waals surface area (Å²) in [4.78, 5) is 24.2. The molecule has 2 N–H and O–H groups in total. The topological polar surface area (TPSA) is 58.2 Å². The number of amides is 2. The Morgan fingerprint density at radius 3 is 1.40 bits per heavy atom. The van der Waals surface area contributed by atoms with Gasteiger partial charge < -0.3 is 19.6 Å². The van der Waals surface area contributed by atoms with Crippen LogP contribution in [0.5, 0.6) is 0 Å². The summed E-state index contributed by atoms with van der Waals surface area (Å²) in [5, 5.41) is 6.02. The summed E-state index contributed by atoms with van der Waals surface area (Å²) in [5.74, 6) is 0.282. The summed E-state index contributed by atoms with van der Waals surface area (Å²) < 4.78 is 1.75. The highest BCUT2D eigenvalue weighted by Crippen LogP contribution is 2.16. The van der Waals surface area contributed by atoms with Gasteiger partial charge in [0.05, 0.1) is 40.3 Å². The monoisotopic (exact) mass is 354 g/mol. The van der Waals surface area contributed by atoms with Crippen LogP contribution in [0.25, 0.3) is 0 Å². The van der Waals surface area contributed by atoms with Crippen molar-refractivity contribution in [2.24, 2.45) is 0 Å². The van der Waals surface area contributed by atoms with Crippen molar-refractivity contribution in [1.29, 1.82) is 0 Å². The van der Waals surface area contributed by atoms with E-state index in [1.807, 2.05) is 0 Å². The van der Waals surface area contributed by atoms with Crippen LogP contribution in [0.4, 0.5) is 0 Å². The first kappa shape index (κ1) is 20.2. The van der Waals surface area contributed by atoms with E-state index in [9.17, 15) is 9.59 Å². The normalized spacial score (nSPS) is 22.2. The third-order valence-corrected chi connectivity index (χ3v) is 5.84. The molecule has 2 aliphatic heterocycles. The van der Waals surface area contributed by atoms with Gasteiger partial charge in [0.15, 0.2) is 13.1 Å². The molecule has 6 nitrogen and oxygen atoms in total. The van der Waals surface area contributed by atoms with Crippen LogP contribution >= 0.6 is 0 Å². The Hall–Kier alpha value is -1.14. The van der Waals surface area contributed by atoms with Crippen LogP contribution in [0.15, 0.2) is 0 Å². The largest absolute Gasteiger partial charge is 0.351 e. The first-order valence-electron chi connectivity index (χ1n) is 10.1. The molecule has 2 fully saturated rings. The van der Waals surface area contributed by atoms with Gasteiger partial charge in [0.2, 0.25) is 0 Å². The van der Waals surface area contributed by atoms with E-state index in [2.05, 4.69) is 24.7 Å². The third-order valence-electron chi connectivity index (χ3n) is 5.84. The number of rotatable bonds is 8. The zero-order valence-corrected chi connectivity index (χ0v) is 16.3. The maximum Gasteiger partial charge on any atom is 0.275 e. The molecule has 0 radical (unpaired) electrons. The number of quaternary nitrogens is 2. The number of likely N-dealkylation sites (N-methyl/N-ethyl adjacent to an activating group) is 2. The van der Waals surface area contributed by atoms with Gasteiger partial charge in [0.25, 0.3) is 11.8 Å². The number of likely N-dealkylation sites (tertiary alicyclic amines) is 2. The van der Waals surface area contributed by atoms with E-state index in [1.165, 1.54) is 38.5 Å². The molecule has 0 aromatic heterocycles. The molecule has 2 aliphatic rings. The Kier molecular flexibility index (Phi) is 7.69. The van der Waals surface area contributed by atoms with Crippen molar-refractivity contribution in [2.75, 3.05) is 66.5 Å². The summed E-state index contributed by atoms with van der Waals surface area (Å²) >= 11 is 0. The Labute approximate surface area is 153 Å². The minimum Gasteiger partial charge on any atom is -0.351 e. The van der Waals surface area contributed by atoms with Gasteiger partial charge in [-0.2, -0.15) is 0 Å². The molecule has 0 unspecified atom stereocenters. The van der Waals surface area contributed by atoms with Crippen LogP contribution in [-0.2, 0) is 9.59 Å². The third kappa shape index (κ3) is 7.32. The average Bonchev–Trinajstić information content (AvgIpc) is 2.55. The summed E-state index contributed by atoms with van der Waals surface area (Å²) in [6, 6.07) is 0. The van der Waals surface area contributed by atoms with Crippen molar-refractivity contribution in [3.8, 4) is 0 Å². The number of nitrogens with zero attached hydrogens (tertiary/aromatic N) is 2. The number of carbonyl (C=O) groups excluding carboxylic acids is 2. The first-order valence-corrected chi connectivity index (χ1v) is 10.1. The molecule has 0 spiro atoms. The van der Waals surface area contributed by atoms with Crippen LogP contribution in [0.1, 0.15) is 44.9 Å². The number of nitrogens with one attached hydrogen (secondary N) is 2. The molecule has 2 heterocycles. The number of hydrogen-bond acceptors (Lipinski definition) is 2. The fourth-order valence-electron chi connectivity index (χ4n) is 4.22. The minimum atomic E-state index is 0.141. The van der Waals surface area contributed by atoms with E-state index in [4.69, 9.17) is 0 Å². The van der Waals surface area contributed by atoms with Crippen LogP contribution in [0.3, 0.4) is 0 Å². The van der Waals surface area contributed by atoms with Gasteiger partial charge in [0.1, 0.15) is 0 Å². The zero-order chi connectivity index (χ0) is 18.2. The molecular formula is C19H38N4O2+2. The Balaban J connectivity index is 1.53. The second-order valence-corrected chi connectivity index (χ2v) is 8.62. The molecule has 2 rings (SSSR count). The van der Waals surface area contributed by atoms with Crippen molar-refractivity contribution in [2.45, 2.75) is 44.9 Å². The number of carbonyl (C=O) groups is 2. The van der Waals surface area contributed by atoms with Gasteiger partial charge in [-0.05, 0) is 44.9 Å². The smallest absolute Gasteiger partial charge is 0.275 e. The maximum atomic E-state index is 12.1. The Morgan fingerprint density at radius 2 is 1.04 bits per heavy atom. The lowest BCUT2D eigenvalue weighted by Crippen LogP contribution is -2.53. The van der Waals surface area contributed by atoms with E-state index in [0.717, 1.165) is 41.6 Å². The molecular weight excluding hydrogens is 316 g/mol.